The summed E-state index contributed by atoms with van der Waals surface area (Å²) in [6.07, 6.45) is 12.1. The number of hydrogen-bond donors (Lipinski definition) is 1. The van der Waals surface area contributed by atoms with Crippen LogP contribution >= 0.6 is 11.8 Å². The number of para-hydroxylation sites is 1. The van der Waals surface area contributed by atoms with Crippen LogP contribution in [0.25, 0.3) is 66.4 Å². The molecule has 0 spiro atoms. The highest BCUT2D eigenvalue weighted by molar-refractivity contribution is 8.04. The molecule has 5 aliphatic rings. The van der Waals surface area contributed by atoms with E-state index < -0.39 is 11.8 Å². The van der Waals surface area contributed by atoms with Gasteiger partial charge in [-0.2, -0.15) is 0 Å². The molecule has 4 heterocycles. The van der Waals surface area contributed by atoms with Gasteiger partial charge in [0.05, 0.1) is 27.8 Å². The van der Waals surface area contributed by atoms with Gasteiger partial charge < -0.3 is 9.67 Å². The SMILES string of the molecule is CC1C=CC(c2ccc3c(c2)-c2ccc4c5c2n(c(=O)n5C2=CCC(C)(n5c6ccccc6c6cc7c(cc65)C(C)(C)c5ccccc5-7)C=C2S4)C3O)=CC1. The fourth-order valence-corrected chi connectivity index (χ4v) is 11.7. The lowest BCUT2D eigenvalue weighted by Gasteiger charge is -2.35. The summed E-state index contributed by atoms with van der Waals surface area (Å²) >= 11 is 1.74. The number of rotatable bonds is 2. The standard InChI is InChI=1S/C49H39N3O2S/c1-27-13-15-28(16-14-27)29-17-18-33-34(23-29)32-19-20-42-45-44(32)51(46(33)53)47(54)50(45)40-21-22-49(4,26-43(40)55-42)52-39-12-8-6-10-31(39)36-24-35-30-9-5-7-11-37(30)48(2,3)38(35)25-41(36)52/h5-13,15-21,23-27,46,53H,14,22H2,1-4H3. The molecule has 12 rings (SSSR count). The zero-order valence-electron chi connectivity index (χ0n) is 31.2. The van der Waals surface area contributed by atoms with Gasteiger partial charge in [-0.3, -0.25) is 9.13 Å². The van der Waals surface area contributed by atoms with Crippen LogP contribution in [0.3, 0.4) is 0 Å². The number of allylic oxidation sites excluding steroid dienone is 7. The summed E-state index contributed by atoms with van der Waals surface area (Å²) in [5, 5.41) is 14.4. The van der Waals surface area contributed by atoms with E-state index in [0.29, 0.717) is 12.3 Å². The van der Waals surface area contributed by atoms with Crippen molar-refractivity contribution in [2.75, 3.05) is 0 Å². The monoisotopic (exact) mass is 733 g/mol. The molecule has 7 aromatic rings. The first-order chi connectivity index (χ1) is 26.6. The van der Waals surface area contributed by atoms with E-state index in [0.717, 1.165) is 55.2 Å². The fourth-order valence-electron chi connectivity index (χ4n) is 10.4. The average molecular weight is 734 g/mol. The smallest absolute Gasteiger partial charge is 0.336 e. The third-order valence-corrected chi connectivity index (χ3v) is 14.3. The number of fused-ring (bicyclic) bond motifs is 10. The Morgan fingerprint density at radius 3 is 2.47 bits per heavy atom. The number of imidazole rings is 1. The molecular formula is C49H39N3O2S. The number of aliphatic hydroxyl groups excluding tert-OH is 1. The molecule has 2 aromatic heterocycles. The molecule has 2 aliphatic heterocycles. The lowest BCUT2D eigenvalue weighted by molar-refractivity contribution is 0.146. The third-order valence-electron chi connectivity index (χ3n) is 13.2. The maximum absolute atomic E-state index is 14.6. The molecule has 0 amide bonds. The van der Waals surface area contributed by atoms with Gasteiger partial charge in [0.15, 0.2) is 6.23 Å². The molecule has 0 bridgehead atoms. The summed E-state index contributed by atoms with van der Waals surface area (Å²) in [6.45, 7) is 9.26. The van der Waals surface area contributed by atoms with Crippen LogP contribution in [0.15, 0.2) is 136 Å². The van der Waals surface area contributed by atoms with Crippen molar-refractivity contribution < 1.29 is 5.11 Å². The molecule has 268 valence electrons. The molecule has 6 heteroatoms. The highest BCUT2D eigenvalue weighted by Crippen LogP contribution is 2.54. The molecule has 3 aliphatic carbocycles. The van der Waals surface area contributed by atoms with Gasteiger partial charge in [-0.05, 0) is 101 Å². The predicted octanol–water partition coefficient (Wildman–Crippen LogP) is 11.4. The second-order valence-corrected chi connectivity index (χ2v) is 18.0. The van der Waals surface area contributed by atoms with Gasteiger partial charge in [0.2, 0.25) is 0 Å². The number of nitrogens with zero attached hydrogens (tertiary/aromatic N) is 3. The second-order valence-electron chi connectivity index (χ2n) is 16.9. The number of benzene rings is 5. The second kappa shape index (κ2) is 10.6. The summed E-state index contributed by atoms with van der Waals surface area (Å²) in [4.78, 5) is 16.7. The molecule has 55 heavy (non-hydrogen) atoms. The molecule has 0 saturated heterocycles. The van der Waals surface area contributed by atoms with E-state index in [9.17, 15) is 9.90 Å². The number of hydrogen-bond acceptors (Lipinski definition) is 3. The number of aliphatic hydroxyl groups is 1. The van der Waals surface area contributed by atoms with Gasteiger partial charge in [-0.15, -0.1) is 0 Å². The lowest BCUT2D eigenvalue weighted by atomic mass is 9.82. The Hall–Kier alpha value is -5.56. The largest absolute Gasteiger partial charge is 0.369 e. The lowest BCUT2D eigenvalue weighted by Crippen LogP contribution is -2.33. The molecule has 0 radical (unpaired) electrons. The summed E-state index contributed by atoms with van der Waals surface area (Å²) in [6, 6.07) is 33.1. The zero-order chi connectivity index (χ0) is 37.1. The molecule has 3 unspecified atom stereocenters. The van der Waals surface area contributed by atoms with E-state index in [1.54, 1.807) is 16.3 Å². The molecule has 5 nitrogen and oxygen atoms in total. The van der Waals surface area contributed by atoms with E-state index in [-0.39, 0.29) is 11.1 Å². The first-order valence-corrected chi connectivity index (χ1v) is 20.2. The van der Waals surface area contributed by atoms with Gasteiger partial charge >= 0.3 is 5.69 Å². The van der Waals surface area contributed by atoms with Crippen LogP contribution in [-0.4, -0.2) is 18.8 Å². The van der Waals surface area contributed by atoms with Gasteiger partial charge in [-0.25, -0.2) is 4.79 Å². The Labute approximate surface area is 323 Å². The van der Waals surface area contributed by atoms with Gasteiger partial charge in [-0.1, -0.05) is 118 Å². The van der Waals surface area contributed by atoms with Crippen LogP contribution < -0.4 is 5.69 Å². The van der Waals surface area contributed by atoms with Crippen LogP contribution in [0, 0.1) is 5.92 Å². The molecular weight excluding hydrogens is 695 g/mol. The minimum atomic E-state index is -1.07. The molecule has 5 aromatic carbocycles. The van der Waals surface area contributed by atoms with Crippen molar-refractivity contribution in [3.63, 3.8) is 0 Å². The summed E-state index contributed by atoms with van der Waals surface area (Å²) < 4.78 is 6.03. The molecule has 3 atom stereocenters. The van der Waals surface area contributed by atoms with Crippen molar-refractivity contribution >= 4 is 55.9 Å². The van der Waals surface area contributed by atoms with Crippen molar-refractivity contribution in [3.8, 4) is 22.3 Å². The first-order valence-electron chi connectivity index (χ1n) is 19.4. The van der Waals surface area contributed by atoms with Gasteiger partial charge in [0, 0.05) is 42.6 Å². The van der Waals surface area contributed by atoms with Gasteiger partial charge in [0.1, 0.15) is 0 Å². The van der Waals surface area contributed by atoms with Crippen molar-refractivity contribution in [1.82, 2.24) is 13.7 Å². The zero-order valence-corrected chi connectivity index (χ0v) is 32.0. The quantitative estimate of drug-likeness (QED) is 0.192. The molecule has 1 N–H and O–H groups in total. The van der Waals surface area contributed by atoms with Crippen molar-refractivity contribution in [2.45, 2.75) is 62.6 Å². The van der Waals surface area contributed by atoms with Crippen molar-refractivity contribution in [1.29, 1.82) is 0 Å². The maximum Gasteiger partial charge on any atom is 0.336 e. The van der Waals surface area contributed by atoms with Crippen LogP contribution in [0.4, 0.5) is 0 Å². The highest BCUT2D eigenvalue weighted by Gasteiger charge is 2.40. The fraction of sp³-hybridized carbons (Fsp3) is 0.204. The Kier molecular flexibility index (Phi) is 6.12. The maximum atomic E-state index is 14.6. The van der Waals surface area contributed by atoms with Crippen LogP contribution in [0.2, 0.25) is 0 Å². The van der Waals surface area contributed by atoms with E-state index >= 15 is 0 Å². The van der Waals surface area contributed by atoms with Crippen LogP contribution in [0.5, 0.6) is 0 Å². The van der Waals surface area contributed by atoms with Crippen molar-refractivity contribution in [3.05, 3.63) is 159 Å². The first kappa shape index (κ1) is 31.8. The van der Waals surface area contributed by atoms with Crippen molar-refractivity contribution in [2.24, 2.45) is 5.92 Å². The topological polar surface area (TPSA) is 52.1 Å². The van der Waals surface area contributed by atoms with Crippen LogP contribution in [0.1, 0.15) is 69.0 Å². The summed E-state index contributed by atoms with van der Waals surface area (Å²) in [7, 11) is 0. The predicted molar refractivity (Wildman–Crippen MR) is 226 cm³/mol. The summed E-state index contributed by atoms with van der Waals surface area (Å²) in [5.41, 5.74) is 14.8. The molecule has 0 saturated carbocycles. The number of thioether (sulfide) groups is 1. The Morgan fingerprint density at radius 2 is 1.62 bits per heavy atom. The Morgan fingerprint density at radius 1 is 0.782 bits per heavy atom. The minimum Gasteiger partial charge on any atom is -0.369 e. The highest BCUT2D eigenvalue weighted by atomic mass is 32.2. The number of aromatic nitrogens is 3. The average Bonchev–Trinajstić information content (AvgIpc) is 3.77. The Bertz CT molecular complexity index is 3120. The Balaban J connectivity index is 1.02. The van der Waals surface area contributed by atoms with E-state index in [1.807, 2.05) is 10.6 Å². The van der Waals surface area contributed by atoms with E-state index in [2.05, 4.69) is 148 Å². The third kappa shape index (κ3) is 4.01. The van der Waals surface area contributed by atoms with E-state index in [1.165, 1.54) is 49.6 Å². The van der Waals surface area contributed by atoms with Gasteiger partial charge in [0.25, 0.3) is 0 Å². The molecule has 0 fully saturated rings. The van der Waals surface area contributed by atoms with E-state index in [4.69, 9.17) is 0 Å². The minimum absolute atomic E-state index is 0.111. The summed E-state index contributed by atoms with van der Waals surface area (Å²) in [5.74, 6) is 0.534. The van der Waals surface area contributed by atoms with Crippen LogP contribution in [-0.2, 0) is 11.0 Å². The normalized spacial score (nSPS) is 22.6.